The Balaban J connectivity index is 2.32. The average Bonchev–Trinajstić information content (AvgIpc) is 2.51. The normalized spacial score (nSPS) is 11.1. The second-order valence-corrected chi connectivity index (χ2v) is 6.06. The number of fused-ring (bicyclic) bond motifs is 1. The summed E-state index contributed by atoms with van der Waals surface area (Å²) in [5, 5.41) is 2.61. The maximum Gasteiger partial charge on any atom is -0.0120 e. The van der Waals surface area contributed by atoms with Crippen molar-refractivity contribution < 1.29 is 0 Å². The highest BCUT2D eigenvalue weighted by molar-refractivity contribution is 5.88. The van der Waals surface area contributed by atoms with Gasteiger partial charge in [-0.15, -0.1) is 0 Å². The second kappa shape index (κ2) is 5.04. The molecule has 0 heterocycles. The van der Waals surface area contributed by atoms with Gasteiger partial charge in [0.05, 0.1) is 0 Å². The van der Waals surface area contributed by atoms with Crippen LogP contribution in [0.25, 0.3) is 21.9 Å². The molecule has 0 radical (unpaired) electrons. The van der Waals surface area contributed by atoms with Gasteiger partial charge < -0.3 is 0 Å². The lowest BCUT2D eigenvalue weighted by molar-refractivity contribution is 1.18. The van der Waals surface area contributed by atoms with Crippen molar-refractivity contribution in [1.29, 1.82) is 0 Å². The van der Waals surface area contributed by atoms with Crippen LogP contribution in [0.3, 0.4) is 0 Å². The summed E-state index contributed by atoms with van der Waals surface area (Å²) >= 11 is 0. The minimum absolute atomic E-state index is 1.30. The molecule has 0 aliphatic heterocycles. The van der Waals surface area contributed by atoms with Crippen LogP contribution in [0.4, 0.5) is 0 Å². The van der Waals surface area contributed by atoms with E-state index in [1.165, 1.54) is 49.7 Å². The van der Waals surface area contributed by atoms with E-state index in [-0.39, 0.29) is 0 Å². The lowest BCUT2D eigenvalue weighted by Gasteiger charge is -2.19. The molecule has 0 aliphatic rings. The summed E-state index contributed by atoms with van der Waals surface area (Å²) in [6, 6.07) is 15.4. The number of hydrogen-bond donors (Lipinski definition) is 0. The lowest BCUT2D eigenvalue weighted by Crippen LogP contribution is -1.99. The third kappa shape index (κ3) is 2.15. The quantitative estimate of drug-likeness (QED) is 0.507. The van der Waals surface area contributed by atoms with E-state index in [4.69, 9.17) is 0 Å². The highest BCUT2D eigenvalue weighted by atomic mass is 14.2. The molecule has 0 saturated heterocycles. The minimum Gasteiger partial charge on any atom is -0.0616 e. The Hall–Kier alpha value is -2.08. The number of rotatable bonds is 1. The van der Waals surface area contributed by atoms with E-state index < -0.39 is 0 Å². The second-order valence-electron chi connectivity index (χ2n) is 6.06. The average molecular weight is 274 g/mol. The molecular weight excluding hydrogens is 252 g/mol. The zero-order valence-corrected chi connectivity index (χ0v) is 13.5. The first-order chi connectivity index (χ1) is 10.0. The summed E-state index contributed by atoms with van der Waals surface area (Å²) in [5.74, 6) is 0. The van der Waals surface area contributed by atoms with Gasteiger partial charge in [0.1, 0.15) is 0 Å². The summed E-state index contributed by atoms with van der Waals surface area (Å²) in [7, 11) is 0. The molecule has 106 valence electrons. The molecule has 0 unspecified atom stereocenters. The van der Waals surface area contributed by atoms with Crippen molar-refractivity contribution in [1.82, 2.24) is 0 Å². The molecule has 0 aromatic heterocycles. The van der Waals surface area contributed by atoms with Gasteiger partial charge >= 0.3 is 0 Å². The molecule has 0 nitrogen and oxygen atoms in total. The zero-order valence-electron chi connectivity index (χ0n) is 13.5. The van der Waals surface area contributed by atoms with Crippen LogP contribution in [0.2, 0.25) is 0 Å². The Morgan fingerprint density at radius 3 is 1.67 bits per heavy atom. The fourth-order valence-electron chi connectivity index (χ4n) is 3.28. The Morgan fingerprint density at radius 1 is 0.524 bits per heavy atom. The first-order valence-electron chi connectivity index (χ1n) is 7.57. The van der Waals surface area contributed by atoms with E-state index in [1.54, 1.807) is 0 Å². The van der Waals surface area contributed by atoms with Gasteiger partial charge in [-0.1, -0.05) is 36.4 Å². The molecule has 0 atom stereocenters. The molecule has 3 aromatic carbocycles. The molecule has 0 amide bonds. The van der Waals surface area contributed by atoms with Crippen LogP contribution in [0, 0.1) is 34.6 Å². The van der Waals surface area contributed by atoms with E-state index in [0.717, 1.165) is 0 Å². The molecule has 0 bridgehead atoms. The van der Waals surface area contributed by atoms with Crippen molar-refractivity contribution in [3.05, 3.63) is 70.3 Å². The molecular formula is C21H22. The van der Waals surface area contributed by atoms with Gasteiger partial charge in [0, 0.05) is 0 Å². The molecule has 0 N–H and O–H groups in total. The molecule has 3 aromatic rings. The van der Waals surface area contributed by atoms with E-state index >= 15 is 0 Å². The summed E-state index contributed by atoms with van der Waals surface area (Å²) in [6.45, 7) is 11.2. The van der Waals surface area contributed by atoms with E-state index in [2.05, 4.69) is 77.1 Å². The Labute approximate surface area is 127 Å². The maximum atomic E-state index is 2.32. The molecule has 0 spiro atoms. The highest BCUT2D eigenvalue weighted by Gasteiger charge is 2.13. The summed E-state index contributed by atoms with van der Waals surface area (Å²) in [5.41, 5.74) is 9.81. The molecule has 0 saturated carbocycles. The third-order valence-corrected chi connectivity index (χ3v) is 5.04. The molecule has 0 heteroatoms. The van der Waals surface area contributed by atoms with Gasteiger partial charge in [0.2, 0.25) is 0 Å². The van der Waals surface area contributed by atoms with Crippen molar-refractivity contribution in [2.75, 3.05) is 0 Å². The molecule has 0 aliphatic carbocycles. The molecule has 21 heavy (non-hydrogen) atoms. The predicted molar refractivity (Wildman–Crippen MR) is 93.1 cm³/mol. The van der Waals surface area contributed by atoms with Gasteiger partial charge in [0.25, 0.3) is 0 Å². The summed E-state index contributed by atoms with van der Waals surface area (Å²) in [4.78, 5) is 0. The first-order valence-corrected chi connectivity index (χ1v) is 7.57. The largest absolute Gasteiger partial charge is 0.0616 e. The number of hydrogen-bond acceptors (Lipinski definition) is 0. The monoisotopic (exact) mass is 274 g/mol. The van der Waals surface area contributed by atoms with Gasteiger partial charge in [-0.05, 0) is 90.4 Å². The molecule has 3 rings (SSSR count). The lowest BCUT2D eigenvalue weighted by atomic mass is 9.86. The Morgan fingerprint density at radius 2 is 1.05 bits per heavy atom. The van der Waals surface area contributed by atoms with Crippen LogP contribution < -0.4 is 0 Å². The van der Waals surface area contributed by atoms with Crippen LogP contribution in [-0.4, -0.2) is 0 Å². The van der Waals surface area contributed by atoms with Crippen LogP contribution in [0.1, 0.15) is 27.8 Å². The zero-order chi connectivity index (χ0) is 15.1. The van der Waals surface area contributed by atoms with Gasteiger partial charge in [0.15, 0.2) is 0 Å². The first kappa shape index (κ1) is 13.9. The van der Waals surface area contributed by atoms with Gasteiger partial charge in [-0.2, -0.15) is 0 Å². The third-order valence-electron chi connectivity index (χ3n) is 5.04. The van der Waals surface area contributed by atoms with Crippen molar-refractivity contribution in [2.45, 2.75) is 34.6 Å². The highest BCUT2D eigenvalue weighted by Crippen LogP contribution is 2.35. The predicted octanol–water partition coefficient (Wildman–Crippen LogP) is 6.05. The fraction of sp³-hybridized carbons (Fsp3) is 0.238. The number of benzene rings is 3. The summed E-state index contributed by atoms with van der Waals surface area (Å²) < 4.78 is 0. The topological polar surface area (TPSA) is 0 Å². The minimum atomic E-state index is 1.30. The van der Waals surface area contributed by atoms with E-state index in [9.17, 15) is 0 Å². The van der Waals surface area contributed by atoms with Crippen LogP contribution in [0.15, 0.2) is 42.5 Å². The van der Waals surface area contributed by atoms with Crippen molar-refractivity contribution in [3.63, 3.8) is 0 Å². The smallest absolute Gasteiger partial charge is 0.0120 e. The van der Waals surface area contributed by atoms with Gasteiger partial charge in [-0.25, -0.2) is 0 Å². The van der Waals surface area contributed by atoms with E-state index in [0.29, 0.717) is 0 Å². The van der Waals surface area contributed by atoms with Crippen molar-refractivity contribution in [2.24, 2.45) is 0 Å². The Kier molecular flexibility index (Phi) is 3.33. The summed E-state index contributed by atoms with van der Waals surface area (Å²) in [6.07, 6.45) is 0. The van der Waals surface area contributed by atoms with Gasteiger partial charge in [-0.3, -0.25) is 0 Å². The standard InChI is InChI=1S/C21H22/c1-13-14(2)16(4)21(17(5)15(13)3)20-11-10-18-8-6-7-9-19(18)12-20/h6-12H,1-5H3. The Bertz CT molecular complexity index is 809. The van der Waals surface area contributed by atoms with Crippen LogP contribution in [0.5, 0.6) is 0 Å². The van der Waals surface area contributed by atoms with Crippen LogP contribution >= 0.6 is 0 Å². The molecule has 0 fully saturated rings. The van der Waals surface area contributed by atoms with Crippen LogP contribution in [-0.2, 0) is 0 Å². The SMILES string of the molecule is Cc1c(C)c(C)c(-c2ccc3ccccc3c2)c(C)c1C. The van der Waals surface area contributed by atoms with E-state index in [1.807, 2.05) is 0 Å². The fourth-order valence-corrected chi connectivity index (χ4v) is 3.28. The van der Waals surface area contributed by atoms with Crippen molar-refractivity contribution >= 4 is 10.8 Å². The maximum absolute atomic E-state index is 2.32. The van der Waals surface area contributed by atoms with Crippen molar-refractivity contribution in [3.8, 4) is 11.1 Å².